The Kier molecular flexibility index (Phi) is 3.98. The van der Waals surface area contributed by atoms with Crippen molar-refractivity contribution < 1.29 is 24.5 Å². The van der Waals surface area contributed by atoms with Crippen LogP contribution in [0.5, 0.6) is 11.5 Å². The highest BCUT2D eigenvalue weighted by Crippen LogP contribution is 2.35. The molecular weight excluding hydrogens is 236 g/mol. The summed E-state index contributed by atoms with van der Waals surface area (Å²) in [6, 6.07) is 2.72. The van der Waals surface area contributed by atoms with E-state index < -0.39 is 12.1 Å². The summed E-state index contributed by atoms with van der Waals surface area (Å²) in [5, 5.41) is 18.2. The summed E-state index contributed by atoms with van der Waals surface area (Å²) in [6.45, 7) is 0. The number of carboxylic acid groups (broad SMARTS) is 1. The van der Waals surface area contributed by atoms with E-state index in [1.54, 1.807) is 0 Å². The average molecular weight is 247 g/mol. The lowest BCUT2D eigenvalue weighted by Crippen LogP contribution is -2.11. The van der Waals surface area contributed by atoms with Crippen molar-refractivity contribution in [1.29, 1.82) is 0 Å². The number of carboxylic acids is 1. The number of ether oxygens (including phenoxy) is 2. The normalized spacial score (nSPS) is 12.0. The summed E-state index contributed by atoms with van der Waals surface area (Å²) in [5.74, 6) is -0.704. The summed E-state index contributed by atoms with van der Waals surface area (Å²) in [7, 11) is 2.84. The van der Waals surface area contributed by atoms with Crippen LogP contribution in [0.4, 0.5) is 0 Å². The van der Waals surface area contributed by atoms with Gasteiger partial charge in [-0.25, -0.2) is 4.79 Å². The maximum atomic E-state index is 10.6. The molecule has 1 unspecified atom stereocenters. The van der Waals surface area contributed by atoms with Gasteiger partial charge in [0.15, 0.2) is 17.6 Å². The first kappa shape index (κ1) is 12.6. The van der Waals surface area contributed by atoms with Crippen LogP contribution in [0.3, 0.4) is 0 Å². The predicted molar refractivity (Wildman–Crippen MR) is 57.2 cm³/mol. The molecule has 2 N–H and O–H groups in total. The molecule has 1 atom stereocenters. The van der Waals surface area contributed by atoms with Crippen LogP contribution < -0.4 is 9.47 Å². The molecule has 1 aromatic carbocycles. The Labute approximate surface area is 97.2 Å². The monoisotopic (exact) mass is 246 g/mol. The number of hydrogen-bond donors (Lipinski definition) is 2. The Balaban J connectivity index is 3.26. The van der Waals surface area contributed by atoms with Crippen LogP contribution in [0, 0.1) is 0 Å². The fourth-order valence-corrected chi connectivity index (χ4v) is 1.47. The van der Waals surface area contributed by atoms with Crippen molar-refractivity contribution >= 4 is 17.6 Å². The van der Waals surface area contributed by atoms with E-state index in [1.165, 1.54) is 26.4 Å². The van der Waals surface area contributed by atoms with E-state index in [1.807, 2.05) is 0 Å². The number of halogens is 1. The standard InChI is InChI=1S/C10H11ClO5/c1-15-7-3-5(9(12)10(13)14)6(11)4-8(7)16-2/h3-4,9,12H,1-2H3,(H,13,14). The minimum Gasteiger partial charge on any atom is -0.493 e. The first-order chi connectivity index (χ1) is 7.51. The Morgan fingerprint density at radius 3 is 2.25 bits per heavy atom. The van der Waals surface area contributed by atoms with E-state index in [0.29, 0.717) is 11.5 Å². The molecule has 0 bridgehead atoms. The fraction of sp³-hybridized carbons (Fsp3) is 0.300. The number of carbonyl (C=O) groups is 1. The average Bonchev–Trinajstić information content (AvgIpc) is 2.27. The molecule has 6 heteroatoms. The van der Waals surface area contributed by atoms with Crippen molar-refractivity contribution in [3.8, 4) is 11.5 Å². The lowest BCUT2D eigenvalue weighted by molar-refractivity contribution is -0.146. The zero-order valence-electron chi connectivity index (χ0n) is 8.73. The largest absolute Gasteiger partial charge is 0.493 e. The molecule has 0 aliphatic carbocycles. The van der Waals surface area contributed by atoms with Gasteiger partial charge < -0.3 is 19.7 Å². The number of methoxy groups -OCH3 is 2. The van der Waals surface area contributed by atoms with Gasteiger partial charge in [-0.05, 0) is 6.07 Å². The molecule has 0 fully saturated rings. The topological polar surface area (TPSA) is 76.0 Å². The minimum absolute atomic E-state index is 0.0619. The summed E-state index contributed by atoms with van der Waals surface area (Å²) < 4.78 is 9.95. The molecule has 0 saturated carbocycles. The van der Waals surface area contributed by atoms with E-state index in [4.69, 9.17) is 26.2 Å². The maximum Gasteiger partial charge on any atom is 0.337 e. The summed E-state index contributed by atoms with van der Waals surface area (Å²) in [4.78, 5) is 10.6. The third kappa shape index (κ3) is 2.37. The molecule has 5 nitrogen and oxygen atoms in total. The van der Waals surface area contributed by atoms with Crippen LogP contribution >= 0.6 is 11.6 Å². The van der Waals surface area contributed by atoms with E-state index in [2.05, 4.69) is 0 Å². The molecule has 1 aromatic rings. The maximum absolute atomic E-state index is 10.6. The molecule has 0 radical (unpaired) electrons. The second kappa shape index (κ2) is 5.05. The van der Waals surface area contributed by atoms with Crippen LogP contribution in [0.1, 0.15) is 11.7 Å². The van der Waals surface area contributed by atoms with Gasteiger partial charge in [-0.1, -0.05) is 11.6 Å². The lowest BCUT2D eigenvalue weighted by Gasteiger charge is -2.13. The molecule has 0 amide bonds. The first-order valence-corrected chi connectivity index (χ1v) is 4.71. The van der Waals surface area contributed by atoms with Gasteiger partial charge in [0.2, 0.25) is 0 Å². The van der Waals surface area contributed by atoms with Crippen molar-refractivity contribution in [3.05, 3.63) is 22.7 Å². The molecule has 0 aliphatic rings. The van der Waals surface area contributed by atoms with Crippen LogP contribution in [0.15, 0.2) is 12.1 Å². The van der Waals surface area contributed by atoms with E-state index >= 15 is 0 Å². The highest BCUT2D eigenvalue weighted by atomic mass is 35.5. The van der Waals surface area contributed by atoms with Gasteiger partial charge in [-0.3, -0.25) is 0 Å². The smallest absolute Gasteiger partial charge is 0.337 e. The van der Waals surface area contributed by atoms with Gasteiger partial charge in [0.05, 0.1) is 19.2 Å². The molecule has 16 heavy (non-hydrogen) atoms. The zero-order chi connectivity index (χ0) is 12.3. The van der Waals surface area contributed by atoms with E-state index in [0.717, 1.165) is 0 Å². The van der Waals surface area contributed by atoms with Gasteiger partial charge in [0.25, 0.3) is 0 Å². The van der Waals surface area contributed by atoms with Crippen molar-refractivity contribution in [1.82, 2.24) is 0 Å². The number of aliphatic hydroxyl groups excluding tert-OH is 1. The molecular formula is C10H11ClO5. The predicted octanol–water partition coefficient (Wildman–Crippen LogP) is 1.48. The Bertz CT molecular complexity index is 404. The highest BCUT2D eigenvalue weighted by Gasteiger charge is 2.21. The van der Waals surface area contributed by atoms with E-state index in [-0.39, 0.29) is 10.6 Å². The van der Waals surface area contributed by atoms with Crippen molar-refractivity contribution in [2.45, 2.75) is 6.10 Å². The molecule has 0 aliphatic heterocycles. The third-order valence-corrected chi connectivity index (χ3v) is 2.36. The van der Waals surface area contributed by atoms with Gasteiger partial charge >= 0.3 is 5.97 Å². The zero-order valence-corrected chi connectivity index (χ0v) is 9.49. The number of aliphatic carboxylic acids is 1. The Morgan fingerprint density at radius 1 is 1.31 bits per heavy atom. The van der Waals surface area contributed by atoms with Gasteiger partial charge in [0.1, 0.15) is 0 Å². The van der Waals surface area contributed by atoms with Crippen LogP contribution in [-0.4, -0.2) is 30.4 Å². The van der Waals surface area contributed by atoms with Crippen LogP contribution in [0.2, 0.25) is 5.02 Å². The Morgan fingerprint density at radius 2 is 1.81 bits per heavy atom. The SMILES string of the molecule is COc1cc(Cl)c(C(O)C(=O)O)cc1OC. The first-order valence-electron chi connectivity index (χ1n) is 4.33. The second-order valence-electron chi connectivity index (χ2n) is 2.97. The number of rotatable bonds is 4. The second-order valence-corrected chi connectivity index (χ2v) is 3.38. The lowest BCUT2D eigenvalue weighted by atomic mass is 10.1. The summed E-state index contributed by atoms with van der Waals surface area (Å²) in [6.07, 6.45) is -1.69. The van der Waals surface area contributed by atoms with Crippen molar-refractivity contribution in [3.63, 3.8) is 0 Å². The van der Waals surface area contributed by atoms with E-state index in [9.17, 15) is 9.90 Å². The summed E-state index contributed by atoms with van der Waals surface area (Å²) in [5.41, 5.74) is 0.0619. The molecule has 0 spiro atoms. The quantitative estimate of drug-likeness (QED) is 0.842. The van der Waals surface area contributed by atoms with Crippen molar-refractivity contribution in [2.75, 3.05) is 14.2 Å². The van der Waals surface area contributed by atoms with Gasteiger partial charge in [-0.2, -0.15) is 0 Å². The molecule has 0 aromatic heterocycles. The van der Waals surface area contributed by atoms with Gasteiger partial charge in [-0.15, -0.1) is 0 Å². The molecule has 0 saturated heterocycles. The van der Waals surface area contributed by atoms with Crippen LogP contribution in [0.25, 0.3) is 0 Å². The molecule has 88 valence electrons. The molecule has 1 rings (SSSR count). The highest BCUT2D eigenvalue weighted by molar-refractivity contribution is 6.31. The fourth-order valence-electron chi connectivity index (χ4n) is 1.21. The van der Waals surface area contributed by atoms with Gasteiger partial charge in [0, 0.05) is 11.6 Å². The molecule has 0 heterocycles. The number of aliphatic hydroxyl groups is 1. The Hall–Kier alpha value is -1.46. The van der Waals surface area contributed by atoms with Crippen LogP contribution in [-0.2, 0) is 4.79 Å². The number of benzene rings is 1. The summed E-state index contributed by atoms with van der Waals surface area (Å²) >= 11 is 5.82. The third-order valence-electron chi connectivity index (χ3n) is 2.03. The number of hydrogen-bond acceptors (Lipinski definition) is 4. The minimum atomic E-state index is -1.69. The van der Waals surface area contributed by atoms with Crippen molar-refractivity contribution in [2.24, 2.45) is 0 Å².